The number of benzene rings is 3. The Kier molecular flexibility index (Phi) is 5.72. The van der Waals surface area contributed by atoms with Gasteiger partial charge in [0.25, 0.3) is 11.8 Å². The maximum atomic E-state index is 12.7. The molecule has 30 heavy (non-hydrogen) atoms. The van der Waals surface area contributed by atoms with E-state index in [9.17, 15) is 9.59 Å². The van der Waals surface area contributed by atoms with Gasteiger partial charge in [-0.2, -0.15) is 0 Å². The second-order valence-electron chi connectivity index (χ2n) is 7.25. The molecule has 1 heterocycles. The summed E-state index contributed by atoms with van der Waals surface area (Å²) in [6.45, 7) is 2.82. The van der Waals surface area contributed by atoms with Gasteiger partial charge in [-0.15, -0.1) is 0 Å². The average molecular weight is 421 g/mol. The first kappa shape index (κ1) is 20.0. The smallest absolute Gasteiger partial charge is 0.265 e. The quantitative estimate of drug-likeness (QED) is 0.661. The van der Waals surface area contributed by atoms with Crippen LogP contribution in [-0.2, 0) is 17.9 Å². The summed E-state index contributed by atoms with van der Waals surface area (Å²) >= 11 is 5.90. The molecule has 1 aliphatic rings. The van der Waals surface area contributed by atoms with Crippen LogP contribution in [0, 0.1) is 6.92 Å². The first-order valence-corrected chi connectivity index (χ1v) is 10.0. The summed E-state index contributed by atoms with van der Waals surface area (Å²) in [6.07, 6.45) is 0. The molecule has 3 aromatic carbocycles. The van der Waals surface area contributed by atoms with Crippen molar-refractivity contribution in [3.8, 4) is 5.75 Å². The summed E-state index contributed by atoms with van der Waals surface area (Å²) < 4.78 is 5.56. The number of carbonyl (C=O) groups excluding carboxylic acids is 2. The summed E-state index contributed by atoms with van der Waals surface area (Å²) in [5, 5.41) is 3.55. The van der Waals surface area contributed by atoms with E-state index in [0.717, 1.165) is 16.7 Å². The Morgan fingerprint density at radius 3 is 2.47 bits per heavy atom. The molecule has 6 heteroatoms. The molecule has 0 bridgehead atoms. The summed E-state index contributed by atoms with van der Waals surface area (Å²) in [5.41, 5.74) is 4.19. The summed E-state index contributed by atoms with van der Waals surface area (Å²) in [6, 6.07) is 20.5. The fraction of sp³-hybridized carbons (Fsp3) is 0.167. The van der Waals surface area contributed by atoms with Crippen molar-refractivity contribution in [3.63, 3.8) is 0 Å². The van der Waals surface area contributed by atoms with Crippen molar-refractivity contribution in [2.45, 2.75) is 20.0 Å². The van der Waals surface area contributed by atoms with Crippen molar-refractivity contribution in [2.75, 3.05) is 11.5 Å². The third-order valence-corrected chi connectivity index (χ3v) is 5.24. The molecule has 5 nitrogen and oxygen atoms in total. The van der Waals surface area contributed by atoms with Crippen LogP contribution in [0.4, 0.5) is 5.69 Å². The standard InChI is InChI=1S/C24H21ClN2O3/c1-16-2-4-18(5-3-16)14-27-21-12-19(8-11-22(21)30-15-23(27)28)24(29)26-13-17-6-9-20(25)10-7-17/h2-12H,13-15H2,1H3,(H,26,29). The van der Waals surface area contributed by atoms with E-state index in [0.29, 0.717) is 35.1 Å². The molecular formula is C24H21ClN2O3. The van der Waals surface area contributed by atoms with Crippen LogP contribution < -0.4 is 15.0 Å². The number of amides is 2. The topological polar surface area (TPSA) is 58.6 Å². The van der Waals surface area contributed by atoms with Gasteiger partial charge in [0.2, 0.25) is 0 Å². The molecule has 0 atom stereocenters. The summed E-state index contributed by atoms with van der Waals surface area (Å²) in [4.78, 5) is 26.9. The highest BCUT2D eigenvalue weighted by Crippen LogP contribution is 2.34. The van der Waals surface area contributed by atoms with Crippen LogP contribution in [-0.4, -0.2) is 18.4 Å². The second-order valence-corrected chi connectivity index (χ2v) is 7.68. The Labute approximate surface area is 180 Å². The van der Waals surface area contributed by atoms with E-state index in [1.807, 2.05) is 43.3 Å². The fourth-order valence-electron chi connectivity index (χ4n) is 3.28. The first-order chi connectivity index (χ1) is 14.5. The van der Waals surface area contributed by atoms with Crippen LogP contribution in [0.3, 0.4) is 0 Å². The number of rotatable bonds is 5. The van der Waals surface area contributed by atoms with Crippen LogP contribution in [0.2, 0.25) is 5.02 Å². The molecule has 152 valence electrons. The number of fused-ring (bicyclic) bond motifs is 1. The number of hydrogen-bond acceptors (Lipinski definition) is 3. The maximum Gasteiger partial charge on any atom is 0.265 e. The van der Waals surface area contributed by atoms with Gasteiger partial charge in [-0.05, 0) is 48.4 Å². The first-order valence-electron chi connectivity index (χ1n) is 9.65. The van der Waals surface area contributed by atoms with E-state index in [4.69, 9.17) is 16.3 Å². The highest BCUT2D eigenvalue weighted by Gasteiger charge is 2.26. The van der Waals surface area contributed by atoms with Gasteiger partial charge in [-0.3, -0.25) is 9.59 Å². The molecule has 0 aromatic heterocycles. The maximum absolute atomic E-state index is 12.7. The number of carbonyl (C=O) groups is 2. The second kappa shape index (κ2) is 8.59. The van der Waals surface area contributed by atoms with Gasteiger partial charge in [-0.25, -0.2) is 0 Å². The molecule has 0 spiro atoms. The van der Waals surface area contributed by atoms with E-state index < -0.39 is 0 Å². The molecule has 2 amide bonds. The molecule has 0 unspecified atom stereocenters. The number of hydrogen-bond donors (Lipinski definition) is 1. The van der Waals surface area contributed by atoms with Crippen molar-refractivity contribution < 1.29 is 14.3 Å². The number of halogens is 1. The van der Waals surface area contributed by atoms with E-state index in [2.05, 4.69) is 5.32 Å². The van der Waals surface area contributed by atoms with Crippen LogP contribution in [0.15, 0.2) is 66.7 Å². The van der Waals surface area contributed by atoms with Crippen molar-refractivity contribution in [3.05, 3.63) is 94.0 Å². The predicted octanol–water partition coefficient (Wildman–Crippen LogP) is 4.50. The lowest BCUT2D eigenvalue weighted by Crippen LogP contribution is -2.38. The predicted molar refractivity (Wildman–Crippen MR) is 117 cm³/mol. The van der Waals surface area contributed by atoms with E-state index in [-0.39, 0.29) is 18.4 Å². The molecule has 1 N–H and O–H groups in total. The number of aryl methyl sites for hydroxylation is 1. The van der Waals surface area contributed by atoms with Crippen molar-refractivity contribution in [1.82, 2.24) is 5.32 Å². The van der Waals surface area contributed by atoms with Gasteiger partial charge in [0.15, 0.2) is 6.61 Å². The summed E-state index contributed by atoms with van der Waals surface area (Å²) in [7, 11) is 0. The third kappa shape index (κ3) is 4.47. The number of nitrogens with one attached hydrogen (secondary N) is 1. The summed E-state index contributed by atoms with van der Waals surface area (Å²) in [5.74, 6) is 0.235. The Morgan fingerprint density at radius 2 is 1.73 bits per heavy atom. The number of anilines is 1. The molecule has 0 saturated heterocycles. The van der Waals surface area contributed by atoms with Crippen LogP contribution >= 0.6 is 11.6 Å². The Morgan fingerprint density at radius 1 is 1.03 bits per heavy atom. The number of nitrogens with zero attached hydrogens (tertiary/aromatic N) is 1. The van der Waals surface area contributed by atoms with Crippen molar-refractivity contribution in [1.29, 1.82) is 0 Å². The minimum absolute atomic E-state index is 0.0129. The zero-order chi connectivity index (χ0) is 21.1. The zero-order valence-corrected chi connectivity index (χ0v) is 17.3. The molecule has 0 fully saturated rings. The molecule has 1 aliphatic heterocycles. The highest BCUT2D eigenvalue weighted by atomic mass is 35.5. The number of ether oxygens (including phenoxy) is 1. The van der Waals surface area contributed by atoms with Gasteiger partial charge >= 0.3 is 0 Å². The van der Waals surface area contributed by atoms with Crippen LogP contribution in [0.5, 0.6) is 5.75 Å². The molecule has 3 aromatic rings. The van der Waals surface area contributed by atoms with Crippen LogP contribution in [0.1, 0.15) is 27.0 Å². The van der Waals surface area contributed by atoms with E-state index in [1.54, 1.807) is 35.2 Å². The molecule has 0 saturated carbocycles. The fourth-order valence-corrected chi connectivity index (χ4v) is 3.41. The average Bonchev–Trinajstić information content (AvgIpc) is 2.76. The molecule has 4 rings (SSSR count). The zero-order valence-electron chi connectivity index (χ0n) is 16.5. The molecule has 0 radical (unpaired) electrons. The van der Waals surface area contributed by atoms with Gasteiger partial charge in [-0.1, -0.05) is 53.6 Å². The minimum atomic E-state index is -0.221. The van der Waals surface area contributed by atoms with Crippen molar-refractivity contribution in [2.24, 2.45) is 0 Å². The van der Waals surface area contributed by atoms with Gasteiger partial charge < -0.3 is 15.0 Å². The van der Waals surface area contributed by atoms with Crippen molar-refractivity contribution >= 4 is 29.1 Å². The van der Waals surface area contributed by atoms with Gasteiger partial charge in [0.05, 0.1) is 12.2 Å². The Balaban J connectivity index is 1.53. The minimum Gasteiger partial charge on any atom is -0.482 e. The van der Waals surface area contributed by atoms with Gasteiger partial charge in [0, 0.05) is 17.1 Å². The van der Waals surface area contributed by atoms with E-state index in [1.165, 1.54) is 0 Å². The molecular weight excluding hydrogens is 400 g/mol. The lowest BCUT2D eigenvalue weighted by molar-refractivity contribution is -0.121. The van der Waals surface area contributed by atoms with Gasteiger partial charge in [0.1, 0.15) is 5.75 Å². The molecule has 0 aliphatic carbocycles. The highest BCUT2D eigenvalue weighted by molar-refractivity contribution is 6.30. The monoisotopic (exact) mass is 420 g/mol. The third-order valence-electron chi connectivity index (χ3n) is 4.99. The lowest BCUT2D eigenvalue weighted by Gasteiger charge is -2.30. The largest absolute Gasteiger partial charge is 0.482 e. The SMILES string of the molecule is Cc1ccc(CN2C(=O)COc3ccc(C(=O)NCc4ccc(Cl)cc4)cc32)cc1. The Hall–Kier alpha value is -3.31. The lowest BCUT2D eigenvalue weighted by atomic mass is 10.1. The Bertz CT molecular complexity index is 1080. The van der Waals surface area contributed by atoms with Crippen LogP contribution in [0.25, 0.3) is 0 Å². The normalized spacial score (nSPS) is 12.9. The van der Waals surface area contributed by atoms with E-state index >= 15 is 0 Å².